The number of anilines is 1. The molecule has 0 atom stereocenters. The van der Waals surface area contributed by atoms with Gasteiger partial charge in [0.25, 0.3) is 5.92 Å². The number of carbonyl (C=O) groups excluding carboxylic acids is 1. The fourth-order valence-corrected chi connectivity index (χ4v) is 2.58. The first kappa shape index (κ1) is 14.1. The van der Waals surface area contributed by atoms with E-state index in [-0.39, 0.29) is 37.8 Å². The molecule has 21 heavy (non-hydrogen) atoms. The van der Waals surface area contributed by atoms with Crippen LogP contribution in [0.4, 0.5) is 19.1 Å². The summed E-state index contributed by atoms with van der Waals surface area (Å²) in [6.07, 6.45) is 1.61. The van der Waals surface area contributed by atoms with Crippen LogP contribution in [0.5, 0.6) is 0 Å². The Labute approximate surface area is 119 Å². The predicted molar refractivity (Wildman–Crippen MR) is 68.5 cm³/mol. The number of piperidine rings is 1. The highest BCUT2D eigenvalue weighted by Crippen LogP contribution is 2.30. The molecule has 2 saturated heterocycles. The average Bonchev–Trinajstić information content (AvgIpc) is 2.39. The summed E-state index contributed by atoms with van der Waals surface area (Å²) in [6, 6.07) is 0. The molecule has 0 aromatic carbocycles. The number of nitrogens with zero attached hydrogens (tertiary/aromatic N) is 4. The number of aromatic nitrogens is 2. The van der Waals surface area contributed by atoms with Crippen molar-refractivity contribution >= 4 is 11.9 Å². The zero-order valence-electron chi connectivity index (χ0n) is 11.3. The Kier molecular flexibility index (Phi) is 3.46. The summed E-state index contributed by atoms with van der Waals surface area (Å²) in [5, 5.41) is 0. The van der Waals surface area contributed by atoms with Gasteiger partial charge in [-0.25, -0.2) is 23.1 Å². The molecule has 1 aromatic rings. The number of hydrogen-bond acceptors (Lipinski definition) is 4. The smallest absolute Gasteiger partial charge is 0.251 e. The second-order valence-corrected chi connectivity index (χ2v) is 5.48. The molecule has 1 amide bonds. The van der Waals surface area contributed by atoms with Crippen molar-refractivity contribution in [2.75, 3.05) is 31.1 Å². The Balaban J connectivity index is 1.52. The van der Waals surface area contributed by atoms with E-state index < -0.39 is 11.7 Å². The van der Waals surface area contributed by atoms with Gasteiger partial charge in [-0.3, -0.25) is 4.79 Å². The zero-order chi connectivity index (χ0) is 15.0. The number of carbonyl (C=O) groups is 1. The quantitative estimate of drug-likeness (QED) is 0.826. The third-order valence-corrected chi connectivity index (χ3v) is 3.93. The van der Waals surface area contributed by atoms with Gasteiger partial charge in [-0.1, -0.05) is 0 Å². The van der Waals surface area contributed by atoms with Crippen molar-refractivity contribution in [3.05, 3.63) is 18.2 Å². The van der Waals surface area contributed by atoms with E-state index in [0.29, 0.717) is 19.0 Å². The van der Waals surface area contributed by atoms with E-state index in [1.165, 1.54) is 4.90 Å². The molecule has 0 spiro atoms. The molecule has 0 aliphatic carbocycles. The Morgan fingerprint density at radius 3 is 2.33 bits per heavy atom. The molecule has 2 fully saturated rings. The molecule has 0 N–H and O–H groups in total. The fraction of sp³-hybridized carbons (Fsp3) is 0.615. The van der Waals surface area contributed by atoms with Crippen molar-refractivity contribution in [3.8, 4) is 0 Å². The van der Waals surface area contributed by atoms with Gasteiger partial charge in [-0.2, -0.15) is 0 Å². The lowest BCUT2D eigenvalue weighted by Gasteiger charge is -2.42. The van der Waals surface area contributed by atoms with Crippen LogP contribution in [-0.4, -0.2) is 52.9 Å². The first-order valence-electron chi connectivity index (χ1n) is 6.84. The lowest BCUT2D eigenvalue weighted by Crippen LogP contribution is -2.56. The van der Waals surface area contributed by atoms with Gasteiger partial charge in [0.2, 0.25) is 11.9 Å². The van der Waals surface area contributed by atoms with Crippen molar-refractivity contribution in [1.82, 2.24) is 14.9 Å². The summed E-state index contributed by atoms with van der Waals surface area (Å²) in [7, 11) is 0. The summed E-state index contributed by atoms with van der Waals surface area (Å²) in [6.45, 7) is 1.10. The second-order valence-electron chi connectivity index (χ2n) is 5.48. The van der Waals surface area contributed by atoms with Crippen LogP contribution in [0.25, 0.3) is 0 Å². The number of alkyl halides is 2. The molecule has 0 unspecified atom stereocenters. The monoisotopic (exact) mass is 300 g/mol. The summed E-state index contributed by atoms with van der Waals surface area (Å²) in [5.41, 5.74) is 0. The van der Waals surface area contributed by atoms with Crippen LogP contribution in [0.1, 0.15) is 12.8 Å². The molecule has 1 aromatic heterocycles. The van der Waals surface area contributed by atoms with Crippen LogP contribution in [0.15, 0.2) is 12.4 Å². The molecular weight excluding hydrogens is 285 g/mol. The molecule has 5 nitrogen and oxygen atoms in total. The van der Waals surface area contributed by atoms with Crippen molar-refractivity contribution < 1.29 is 18.0 Å². The molecule has 0 radical (unpaired) electrons. The van der Waals surface area contributed by atoms with Crippen molar-refractivity contribution in [2.45, 2.75) is 18.8 Å². The lowest BCUT2D eigenvalue weighted by molar-refractivity contribution is -0.142. The van der Waals surface area contributed by atoms with Crippen LogP contribution >= 0.6 is 0 Å². The van der Waals surface area contributed by atoms with E-state index in [2.05, 4.69) is 9.97 Å². The fourth-order valence-electron chi connectivity index (χ4n) is 2.58. The average molecular weight is 300 g/mol. The predicted octanol–water partition coefficient (Wildman–Crippen LogP) is 1.31. The second kappa shape index (κ2) is 5.16. The zero-order valence-corrected chi connectivity index (χ0v) is 11.3. The van der Waals surface area contributed by atoms with Gasteiger partial charge in [0.05, 0.1) is 18.3 Å². The van der Waals surface area contributed by atoms with E-state index in [9.17, 15) is 18.0 Å². The van der Waals surface area contributed by atoms with Gasteiger partial charge in [-0.15, -0.1) is 0 Å². The van der Waals surface area contributed by atoms with Crippen LogP contribution < -0.4 is 4.90 Å². The maximum Gasteiger partial charge on any atom is 0.251 e. The minimum absolute atomic E-state index is 0.0936. The van der Waals surface area contributed by atoms with Crippen molar-refractivity contribution in [2.24, 2.45) is 5.92 Å². The molecule has 3 rings (SSSR count). The SMILES string of the molecule is O=C(C1CN(c2ncc(F)cn2)C1)N1CCC(F)(F)CC1. The Morgan fingerprint density at radius 1 is 1.19 bits per heavy atom. The highest BCUT2D eigenvalue weighted by Gasteiger charge is 2.41. The maximum absolute atomic E-state index is 13.1. The normalized spacial score (nSPS) is 22.0. The molecule has 3 heterocycles. The van der Waals surface area contributed by atoms with Crippen molar-refractivity contribution in [3.63, 3.8) is 0 Å². The summed E-state index contributed by atoms with van der Waals surface area (Å²) in [4.78, 5) is 23.1. The van der Waals surface area contributed by atoms with E-state index in [4.69, 9.17) is 0 Å². The summed E-state index contributed by atoms with van der Waals surface area (Å²) < 4.78 is 38.8. The number of rotatable bonds is 2. The minimum atomic E-state index is -2.65. The van der Waals surface area contributed by atoms with Gasteiger partial charge < -0.3 is 9.80 Å². The van der Waals surface area contributed by atoms with Crippen LogP contribution in [0.3, 0.4) is 0 Å². The van der Waals surface area contributed by atoms with E-state index in [1.54, 1.807) is 4.90 Å². The van der Waals surface area contributed by atoms with Gasteiger partial charge in [0.15, 0.2) is 5.82 Å². The first-order valence-corrected chi connectivity index (χ1v) is 6.84. The minimum Gasteiger partial charge on any atom is -0.342 e. The molecule has 114 valence electrons. The third kappa shape index (κ3) is 2.93. The molecule has 8 heteroatoms. The molecular formula is C13H15F3N4O. The van der Waals surface area contributed by atoms with Gasteiger partial charge in [0, 0.05) is 39.0 Å². The summed E-state index contributed by atoms with van der Waals surface area (Å²) in [5.74, 6) is -3.09. The van der Waals surface area contributed by atoms with Gasteiger partial charge in [0.1, 0.15) is 0 Å². The first-order chi connectivity index (χ1) is 9.94. The van der Waals surface area contributed by atoms with Gasteiger partial charge >= 0.3 is 0 Å². The number of hydrogen-bond donors (Lipinski definition) is 0. The largest absolute Gasteiger partial charge is 0.342 e. The lowest BCUT2D eigenvalue weighted by atomic mass is 9.97. The molecule has 2 aliphatic heterocycles. The molecule has 0 bridgehead atoms. The van der Waals surface area contributed by atoms with E-state index in [1.807, 2.05) is 0 Å². The number of likely N-dealkylation sites (tertiary alicyclic amines) is 1. The maximum atomic E-state index is 13.1. The highest BCUT2D eigenvalue weighted by atomic mass is 19.3. The standard InChI is InChI=1S/C13H15F3N4O/c14-10-5-17-12(18-6-10)20-7-9(8-20)11(21)19-3-1-13(15,16)2-4-19/h5-6,9H,1-4,7-8H2. The number of amides is 1. The van der Waals surface area contributed by atoms with Crippen LogP contribution in [0.2, 0.25) is 0 Å². The van der Waals surface area contributed by atoms with E-state index in [0.717, 1.165) is 12.4 Å². The summed E-state index contributed by atoms with van der Waals surface area (Å²) >= 11 is 0. The van der Waals surface area contributed by atoms with Crippen LogP contribution in [0, 0.1) is 11.7 Å². The topological polar surface area (TPSA) is 49.3 Å². The number of halogens is 3. The molecule has 2 aliphatic rings. The Hall–Kier alpha value is -1.86. The van der Waals surface area contributed by atoms with Crippen molar-refractivity contribution in [1.29, 1.82) is 0 Å². The van der Waals surface area contributed by atoms with E-state index >= 15 is 0 Å². The highest BCUT2D eigenvalue weighted by molar-refractivity contribution is 5.81. The van der Waals surface area contributed by atoms with Crippen LogP contribution in [-0.2, 0) is 4.79 Å². The van der Waals surface area contributed by atoms with Gasteiger partial charge in [-0.05, 0) is 0 Å². The molecule has 0 saturated carbocycles. The third-order valence-electron chi connectivity index (χ3n) is 3.93. The Bertz CT molecular complexity index is 521. The Morgan fingerprint density at radius 2 is 1.76 bits per heavy atom.